The topological polar surface area (TPSA) is 144 Å². The molecule has 2 saturated heterocycles. The van der Waals surface area contributed by atoms with Crippen molar-refractivity contribution < 1.29 is 29.2 Å². The standard InChI is InChI=1S/C17H24N6O6/c1-22(2)17(26)28-6-10-12(24)13(25)16(29-10)23-8-20-11-14(18-7-19-15(11)23)21-9-3-4-27-5-9/h7-10,12-13,16,24-25H,3-6H2,1-2H3,(H,18,19,21)/t9-,10?,12?,13?,16?/m1/s1. The summed E-state index contributed by atoms with van der Waals surface area (Å²) in [4.78, 5) is 25.7. The molecule has 3 N–H and O–H groups in total. The van der Waals surface area contributed by atoms with Crippen LogP contribution in [0.4, 0.5) is 10.6 Å². The maximum absolute atomic E-state index is 11.6. The van der Waals surface area contributed by atoms with Gasteiger partial charge in [-0.3, -0.25) is 4.57 Å². The smallest absolute Gasteiger partial charge is 0.409 e. The molecule has 12 nitrogen and oxygen atoms in total. The Morgan fingerprint density at radius 1 is 1.34 bits per heavy atom. The molecular formula is C17H24N6O6. The third kappa shape index (κ3) is 3.83. The van der Waals surface area contributed by atoms with Crippen LogP contribution in [-0.4, -0.2) is 99.0 Å². The molecular weight excluding hydrogens is 384 g/mol. The van der Waals surface area contributed by atoms with E-state index < -0.39 is 30.6 Å². The first-order chi connectivity index (χ1) is 14.0. The molecule has 1 amide bonds. The molecule has 0 aromatic carbocycles. The van der Waals surface area contributed by atoms with Crippen LogP contribution < -0.4 is 5.32 Å². The van der Waals surface area contributed by atoms with Crippen molar-refractivity contribution in [1.29, 1.82) is 0 Å². The van der Waals surface area contributed by atoms with Gasteiger partial charge in [0.2, 0.25) is 0 Å². The summed E-state index contributed by atoms with van der Waals surface area (Å²) in [6, 6.07) is 0.143. The van der Waals surface area contributed by atoms with Crippen molar-refractivity contribution in [3.05, 3.63) is 12.7 Å². The van der Waals surface area contributed by atoms with Gasteiger partial charge in [0.25, 0.3) is 0 Å². The lowest BCUT2D eigenvalue weighted by Gasteiger charge is -2.17. The highest BCUT2D eigenvalue weighted by Crippen LogP contribution is 2.32. The van der Waals surface area contributed by atoms with Crippen molar-refractivity contribution in [2.75, 3.05) is 39.2 Å². The number of imidazole rings is 1. The molecule has 0 bridgehead atoms. The fraction of sp³-hybridized carbons (Fsp3) is 0.647. The molecule has 29 heavy (non-hydrogen) atoms. The van der Waals surface area contributed by atoms with E-state index >= 15 is 0 Å². The summed E-state index contributed by atoms with van der Waals surface area (Å²) in [5.74, 6) is 0.564. The van der Waals surface area contributed by atoms with Crippen molar-refractivity contribution >= 4 is 23.1 Å². The second-order valence-electron chi connectivity index (χ2n) is 7.27. The molecule has 0 radical (unpaired) electrons. The minimum atomic E-state index is -1.25. The van der Waals surface area contributed by atoms with Crippen LogP contribution >= 0.6 is 0 Å². The monoisotopic (exact) mass is 408 g/mol. The van der Waals surface area contributed by atoms with E-state index in [2.05, 4.69) is 20.3 Å². The van der Waals surface area contributed by atoms with Crippen LogP contribution in [0.25, 0.3) is 11.2 Å². The maximum atomic E-state index is 11.6. The molecule has 2 fully saturated rings. The Hall–Kier alpha value is -2.54. The molecule has 2 aliphatic rings. The van der Waals surface area contributed by atoms with Gasteiger partial charge in [0.15, 0.2) is 23.2 Å². The molecule has 4 unspecified atom stereocenters. The Labute approximate surface area is 166 Å². The van der Waals surface area contributed by atoms with Crippen molar-refractivity contribution in [3.63, 3.8) is 0 Å². The first kappa shape index (κ1) is 19.8. The second-order valence-corrected chi connectivity index (χ2v) is 7.27. The van der Waals surface area contributed by atoms with Gasteiger partial charge in [0.05, 0.1) is 19.0 Å². The average molecular weight is 408 g/mol. The normalized spacial score (nSPS) is 29.3. The number of aromatic nitrogens is 4. The van der Waals surface area contributed by atoms with Crippen LogP contribution in [0.15, 0.2) is 12.7 Å². The number of rotatable bonds is 5. The van der Waals surface area contributed by atoms with E-state index in [1.807, 2.05) is 0 Å². The van der Waals surface area contributed by atoms with E-state index in [1.54, 1.807) is 14.1 Å². The Morgan fingerprint density at radius 2 is 2.17 bits per heavy atom. The molecule has 0 aliphatic carbocycles. The van der Waals surface area contributed by atoms with Gasteiger partial charge in [-0.25, -0.2) is 19.7 Å². The van der Waals surface area contributed by atoms with E-state index in [0.717, 1.165) is 6.42 Å². The van der Waals surface area contributed by atoms with Gasteiger partial charge in [-0.2, -0.15) is 0 Å². The first-order valence-corrected chi connectivity index (χ1v) is 9.33. The maximum Gasteiger partial charge on any atom is 0.409 e. The number of hydrogen-bond acceptors (Lipinski definition) is 10. The summed E-state index contributed by atoms with van der Waals surface area (Å²) in [5, 5.41) is 24.1. The number of hydrogen-bond donors (Lipinski definition) is 3. The molecule has 2 aromatic heterocycles. The van der Waals surface area contributed by atoms with Crippen LogP contribution in [0.3, 0.4) is 0 Å². The molecule has 0 saturated carbocycles. The first-order valence-electron chi connectivity index (χ1n) is 9.33. The van der Waals surface area contributed by atoms with Crippen LogP contribution in [0.5, 0.6) is 0 Å². The Kier molecular flexibility index (Phi) is 5.50. The number of aliphatic hydroxyl groups excluding tert-OH is 2. The predicted molar refractivity (Wildman–Crippen MR) is 99.1 cm³/mol. The number of carbonyl (C=O) groups is 1. The SMILES string of the molecule is CN(C)C(=O)OCC1OC(n2cnc3c(N[C@@H]4CCOC4)ncnc32)C(O)C1O. The largest absolute Gasteiger partial charge is 0.447 e. The lowest BCUT2D eigenvalue weighted by molar-refractivity contribution is -0.0552. The highest BCUT2D eigenvalue weighted by Gasteiger charge is 2.45. The van der Waals surface area contributed by atoms with Crippen LogP contribution in [0.2, 0.25) is 0 Å². The lowest BCUT2D eigenvalue weighted by atomic mass is 10.1. The molecule has 2 aliphatic heterocycles. The highest BCUT2D eigenvalue weighted by molar-refractivity contribution is 5.82. The number of nitrogens with zero attached hydrogens (tertiary/aromatic N) is 5. The number of anilines is 1. The highest BCUT2D eigenvalue weighted by atomic mass is 16.6. The number of amides is 1. The van der Waals surface area contributed by atoms with Gasteiger partial charge in [-0.1, -0.05) is 0 Å². The molecule has 5 atom stereocenters. The van der Waals surface area contributed by atoms with Gasteiger partial charge >= 0.3 is 6.09 Å². The summed E-state index contributed by atoms with van der Waals surface area (Å²) in [7, 11) is 3.10. The van der Waals surface area contributed by atoms with E-state index in [-0.39, 0.29) is 12.6 Å². The zero-order chi connectivity index (χ0) is 20.5. The predicted octanol–water partition coefficient (Wildman–Crippen LogP) is -0.655. The van der Waals surface area contributed by atoms with E-state index in [1.165, 1.54) is 22.1 Å². The Balaban J connectivity index is 1.52. The zero-order valence-corrected chi connectivity index (χ0v) is 16.1. The molecule has 2 aromatic rings. The number of ether oxygens (including phenoxy) is 3. The summed E-state index contributed by atoms with van der Waals surface area (Å²) >= 11 is 0. The van der Waals surface area contributed by atoms with Crippen LogP contribution in [0.1, 0.15) is 12.6 Å². The number of carbonyl (C=O) groups excluding carboxylic acids is 1. The fourth-order valence-electron chi connectivity index (χ4n) is 3.36. The lowest BCUT2D eigenvalue weighted by Crippen LogP contribution is -2.35. The van der Waals surface area contributed by atoms with E-state index in [9.17, 15) is 15.0 Å². The van der Waals surface area contributed by atoms with Gasteiger partial charge in [0.1, 0.15) is 31.2 Å². The Morgan fingerprint density at radius 3 is 2.90 bits per heavy atom. The molecule has 12 heteroatoms. The van der Waals surface area contributed by atoms with Gasteiger partial charge in [-0.05, 0) is 6.42 Å². The minimum Gasteiger partial charge on any atom is -0.447 e. The van der Waals surface area contributed by atoms with Crippen molar-refractivity contribution in [3.8, 4) is 0 Å². The van der Waals surface area contributed by atoms with Crippen molar-refractivity contribution in [1.82, 2.24) is 24.4 Å². The van der Waals surface area contributed by atoms with Gasteiger partial charge in [0, 0.05) is 20.7 Å². The summed E-state index contributed by atoms with van der Waals surface area (Å²) < 4.78 is 17.7. The van der Waals surface area contributed by atoms with Crippen LogP contribution in [0, 0.1) is 0 Å². The zero-order valence-electron chi connectivity index (χ0n) is 16.1. The fourth-order valence-corrected chi connectivity index (χ4v) is 3.36. The third-order valence-corrected chi connectivity index (χ3v) is 4.98. The minimum absolute atomic E-state index is 0.143. The number of nitrogens with one attached hydrogen (secondary N) is 1. The average Bonchev–Trinajstić information content (AvgIpc) is 3.42. The van der Waals surface area contributed by atoms with Crippen molar-refractivity contribution in [2.45, 2.75) is 37.0 Å². The quantitative estimate of drug-likeness (QED) is 0.583. The third-order valence-electron chi connectivity index (χ3n) is 4.98. The van der Waals surface area contributed by atoms with E-state index in [0.29, 0.717) is 30.2 Å². The Bertz CT molecular complexity index is 869. The summed E-state index contributed by atoms with van der Waals surface area (Å²) in [6.45, 7) is 1.10. The van der Waals surface area contributed by atoms with E-state index in [4.69, 9.17) is 14.2 Å². The summed E-state index contributed by atoms with van der Waals surface area (Å²) in [6.07, 6.45) is -1.12. The van der Waals surface area contributed by atoms with Crippen LogP contribution in [-0.2, 0) is 14.2 Å². The van der Waals surface area contributed by atoms with Crippen molar-refractivity contribution in [2.24, 2.45) is 0 Å². The number of aliphatic hydroxyl groups is 2. The molecule has 158 valence electrons. The van der Waals surface area contributed by atoms with Gasteiger partial charge in [-0.15, -0.1) is 0 Å². The molecule has 0 spiro atoms. The molecule has 4 rings (SSSR count). The van der Waals surface area contributed by atoms with Gasteiger partial charge < -0.3 is 34.6 Å². The summed E-state index contributed by atoms with van der Waals surface area (Å²) in [5.41, 5.74) is 0.968. The number of fused-ring (bicyclic) bond motifs is 1. The molecule has 4 heterocycles. The second kappa shape index (κ2) is 8.06.